The molecule has 0 fully saturated rings. The van der Waals surface area contributed by atoms with Crippen LogP contribution in [0.15, 0.2) is 30.3 Å². The Bertz CT molecular complexity index is 602. The molecule has 5 heteroatoms. The standard InChI is InChI=1S/C16H18F3NS/c1-3-8-20-10-13-6-7-15(21-13)12-5-4-11(2)14(9-12)16(17,18)19/h4-7,9,20H,3,8,10H2,1-2H3. The predicted molar refractivity (Wildman–Crippen MR) is 81.5 cm³/mol. The number of halogens is 3. The minimum atomic E-state index is -4.30. The minimum Gasteiger partial charge on any atom is -0.312 e. The second-order valence-electron chi connectivity index (χ2n) is 4.97. The van der Waals surface area contributed by atoms with E-state index in [0.29, 0.717) is 5.56 Å². The summed E-state index contributed by atoms with van der Waals surface area (Å²) in [5, 5.41) is 3.29. The number of rotatable bonds is 5. The van der Waals surface area contributed by atoms with E-state index < -0.39 is 11.7 Å². The summed E-state index contributed by atoms with van der Waals surface area (Å²) in [7, 11) is 0. The van der Waals surface area contributed by atoms with E-state index in [1.807, 2.05) is 12.1 Å². The van der Waals surface area contributed by atoms with E-state index >= 15 is 0 Å². The van der Waals surface area contributed by atoms with Gasteiger partial charge in [-0.05, 0) is 49.2 Å². The van der Waals surface area contributed by atoms with Crippen LogP contribution in [0.1, 0.15) is 29.3 Å². The van der Waals surface area contributed by atoms with Crippen LogP contribution in [0.2, 0.25) is 0 Å². The number of hydrogen-bond acceptors (Lipinski definition) is 2. The van der Waals surface area contributed by atoms with Crippen molar-refractivity contribution in [2.24, 2.45) is 0 Å². The van der Waals surface area contributed by atoms with Crippen molar-refractivity contribution < 1.29 is 13.2 Å². The highest BCUT2D eigenvalue weighted by atomic mass is 32.1. The quantitative estimate of drug-likeness (QED) is 0.744. The zero-order valence-corrected chi connectivity index (χ0v) is 12.9. The van der Waals surface area contributed by atoms with Crippen LogP contribution < -0.4 is 5.32 Å². The summed E-state index contributed by atoms with van der Waals surface area (Å²) in [4.78, 5) is 2.00. The number of aryl methyl sites for hydroxylation is 1. The van der Waals surface area contributed by atoms with Gasteiger partial charge in [-0.3, -0.25) is 0 Å². The maximum atomic E-state index is 12.9. The highest BCUT2D eigenvalue weighted by molar-refractivity contribution is 7.15. The molecular formula is C16H18F3NS. The fourth-order valence-electron chi connectivity index (χ4n) is 2.10. The Morgan fingerprint density at radius 3 is 2.57 bits per heavy atom. The summed E-state index contributed by atoms with van der Waals surface area (Å²) in [6.45, 7) is 5.28. The van der Waals surface area contributed by atoms with Gasteiger partial charge in [0.1, 0.15) is 0 Å². The van der Waals surface area contributed by atoms with Gasteiger partial charge in [0.2, 0.25) is 0 Å². The van der Waals surface area contributed by atoms with E-state index in [1.165, 1.54) is 30.4 Å². The van der Waals surface area contributed by atoms with Crippen molar-refractivity contribution in [3.8, 4) is 10.4 Å². The molecule has 0 aliphatic heterocycles. The normalized spacial score (nSPS) is 11.9. The molecule has 1 heterocycles. The topological polar surface area (TPSA) is 12.0 Å². The molecule has 1 aromatic heterocycles. The first-order chi connectivity index (χ1) is 9.91. The second-order valence-corrected chi connectivity index (χ2v) is 6.14. The van der Waals surface area contributed by atoms with Gasteiger partial charge in [0.05, 0.1) is 5.56 Å². The highest BCUT2D eigenvalue weighted by Crippen LogP contribution is 2.36. The van der Waals surface area contributed by atoms with E-state index in [0.717, 1.165) is 29.3 Å². The summed E-state index contributed by atoms with van der Waals surface area (Å²) < 4.78 is 38.8. The zero-order chi connectivity index (χ0) is 15.5. The molecule has 0 unspecified atom stereocenters. The first-order valence-corrected chi connectivity index (χ1v) is 7.71. The van der Waals surface area contributed by atoms with Crippen molar-refractivity contribution in [3.05, 3.63) is 46.3 Å². The van der Waals surface area contributed by atoms with Crippen LogP contribution in [0.4, 0.5) is 13.2 Å². The molecule has 1 nitrogen and oxygen atoms in total. The fraction of sp³-hybridized carbons (Fsp3) is 0.375. The van der Waals surface area contributed by atoms with Gasteiger partial charge in [0.15, 0.2) is 0 Å². The molecule has 0 spiro atoms. The molecule has 114 valence electrons. The maximum Gasteiger partial charge on any atom is 0.416 e. The van der Waals surface area contributed by atoms with Crippen LogP contribution in [0.5, 0.6) is 0 Å². The molecule has 0 aliphatic carbocycles. The summed E-state index contributed by atoms with van der Waals surface area (Å²) in [5.74, 6) is 0. The molecule has 0 bridgehead atoms. The Kier molecular flexibility index (Phi) is 5.06. The SMILES string of the molecule is CCCNCc1ccc(-c2ccc(C)c(C(F)(F)F)c2)s1. The van der Waals surface area contributed by atoms with E-state index in [9.17, 15) is 13.2 Å². The third kappa shape index (κ3) is 4.08. The number of hydrogen-bond donors (Lipinski definition) is 1. The van der Waals surface area contributed by atoms with Gasteiger partial charge in [-0.2, -0.15) is 13.2 Å². The molecule has 0 aliphatic rings. The lowest BCUT2D eigenvalue weighted by molar-refractivity contribution is -0.138. The van der Waals surface area contributed by atoms with Gasteiger partial charge in [-0.25, -0.2) is 0 Å². The van der Waals surface area contributed by atoms with E-state index in [4.69, 9.17) is 0 Å². The van der Waals surface area contributed by atoms with E-state index in [-0.39, 0.29) is 5.56 Å². The Morgan fingerprint density at radius 1 is 1.14 bits per heavy atom. The third-order valence-corrected chi connectivity index (χ3v) is 4.35. The van der Waals surface area contributed by atoms with Crippen molar-refractivity contribution in [2.75, 3.05) is 6.54 Å². The minimum absolute atomic E-state index is 0.257. The van der Waals surface area contributed by atoms with Crippen molar-refractivity contribution >= 4 is 11.3 Å². The van der Waals surface area contributed by atoms with E-state index in [1.54, 1.807) is 6.07 Å². The average molecular weight is 313 g/mol. The second kappa shape index (κ2) is 6.62. The van der Waals surface area contributed by atoms with Crippen molar-refractivity contribution in [2.45, 2.75) is 33.0 Å². The van der Waals surface area contributed by atoms with Crippen molar-refractivity contribution in [3.63, 3.8) is 0 Å². The molecular weight excluding hydrogens is 295 g/mol. The lowest BCUT2D eigenvalue weighted by Crippen LogP contribution is -2.12. The van der Waals surface area contributed by atoms with Gasteiger partial charge in [-0.15, -0.1) is 11.3 Å². The van der Waals surface area contributed by atoms with Crippen LogP contribution in [0.25, 0.3) is 10.4 Å². The monoisotopic (exact) mass is 313 g/mol. The first kappa shape index (κ1) is 16.0. The molecule has 0 atom stereocenters. The lowest BCUT2D eigenvalue weighted by atomic mass is 10.0. The zero-order valence-electron chi connectivity index (χ0n) is 12.1. The Hall–Kier alpha value is -1.33. The molecule has 0 saturated heterocycles. The summed E-state index contributed by atoms with van der Waals surface area (Å²) in [6.07, 6.45) is -3.24. The molecule has 1 aromatic carbocycles. The molecule has 1 N–H and O–H groups in total. The highest BCUT2D eigenvalue weighted by Gasteiger charge is 2.32. The maximum absolute atomic E-state index is 12.9. The van der Waals surface area contributed by atoms with Crippen molar-refractivity contribution in [1.29, 1.82) is 0 Å². The van der Waals surface area contributed by atoms with Crippen LogP contribution in [-0.4, -0.2) is 6.54 Å². The number of alkyl halides is 3. The van der Waals surface area contributed by atoms with Gasteiger partial charge in [0.25, 0.3) is 0 Å². The van der Waals surface area contributed by atoms with Gasteiger partial charge < -0.3 is 5.32 Å². The van der Waals surface area contributed by atoms with Gasteiger partial charge in [-0.1, -0.05) is 19.1 Å². The molecule has 0 saturated carbocycles. The smallest absolute Gasteiger partial charge is 0.312 e. The lowest BCUT2D eigenvalue weighted by Gasteiger charge is -2.11. The third-order valence-electron chi connectivity index (χ3n) is 3.22. The van der Waals surface area contributed by atoms with Crippen LogP contribution in [0, 0.1) is 6.92 Å². The molecule has 2 aromatic rings. The summed E-state index contributed by atoms with van der Waals surface area (Å²) >= 11 is 1.53. The number of benzene rings is 1. The number of nitrogens with one attached hydrogen (secondary N) is 1. The van der Waals surface area contributed by atoms with Crippen LogP contribution >= 0.6 is 11.3 Å². The first-order valence-electron chi connectivity index (χ1n) is 6.89. The molecule has 21 heavy (non-hydrogen) atoms. The Balaban J connectivity index is 2.22. The number of thiophene rings is 1. The fourth-order valence-corrected chi connectivity index (χ4v) is 3.07. The van der Waals surface area contributed by atoms with Gasteiger partial charge >= 0.3 is 6.18 Å². The van der Waals surface area contributed by atoms with E-state index in [2.05, 4.69) is 12.2 Å². The van der Waals surface area contributed by atoms with Crippen LogP contribution in [0.3, 0.4) is 0 Å². The molecule has 2 rings (SSSR count). The predicted octanol–water partition coefficient (Wildman–Crippen LogP) is 5.24. The summed E-state index contributed by atoms with van der Waals surface area (Å²) in [6, 6.07) is 8.38. The largest absolute Gasteiger partial charge is 0.416 e. The molecule has 0 radical (unpaired) electrons. The van der Waals surface area contributed by atoms with Crippen LogP contribution in [-0.2, 0) is 12.7 Å². The Labute approximate surface area is 126 Å². The van der Waals surface area contributed by atoms with Crippen molar-refractivity contribution in [1.82, 2.24) is 5.32 Å². The Morgan fingerprint density at radius 2 is 1.90 bits per heavy atom. The average Bonchev–Trinajstić information content (AvgIpc) is 2.87. The summed E-state index contributed by atoms with van der Waals surface area (Å²) in [5.41, 5.74) is 0.325. The molecule has 0 amide bonds. The van der Waals surface area contributed by atoms with Gasteiger partial charge in [0, 0.05) is 16.3 Å².